The van der Waals surface area contributed by atoms with Gasteiger partial charge in [-0.2, -0.15) is 0 Å². The molecule has 0 saturated heterocycles. The van der Waals surface area contributed by atoms with Crippen LogP contribution < -0.4 is 0 Å². The highest BCUT2D eigenvalue weighted by molar-refractivity contribution is 5.79. The first-order valence-corrected chi connectivity index (χ1v) is 10.3. The highest BCUT2D eigenvalue weighted by Gasteiger charge is 2.08. The SMILES string of the molecule is CCCCCCCCCCCCCCCCCCC(=O)C[N+](=O)[O-]. The molecule has 4 nitrogen and oxygen atoms in total. The molecule has 0 unspecified atom stereocenters. The fourth-order valence-corrected chi connectivity index (χ4v) is 3.09. The van der Waals surface area contributed by atoms with Gasteiger partial charge in [-0.15, -0.1) is 0 Å². The number of nitrogens with zero attached hydrogens (tertiary/aromatic N) is 1. The summed E-state index contributed by atoms with van der Waals surface area (Å²) in [5.74, 6) is -0.231. The van der Waals surface area contributed by atoms with Crippen molar-refractivity contribution in [2.45, 2.75) is 116 Å². The van der Waals surface area contributed by atoms with Crippen LogP contribution >= 0.6 is 0 Å². The number of Topliss-reactive ketones (excluding diaryl/α,β-unsaturated/α-hetero) is 1. The minimum atomic E-state index is -0.533. The Morgan fingerprint density at radius 3 is 1.33 bits per heavy atom. The Balaban J connectivity index is 3.07. The molecule has 0 aliphatic carbocycles. The molecule has 142 valence electrons. The molecule has 24 heavy (non-hydrogen) atoms. The Bertz CT molecular complexity index is 305. The maximum atomic E-state index is 11.2. The molecule has 0 spiro atoms. The summed E-state index contributed by atoms with van der Waals surface area (Å²) >= 11 is 0. The van der Waals surface area contributed by atoms with Crippen molar-refractivity contribution in [2.24, 2.45) is 0 Å². The molecule has 0 heterocycles. The van der Waals surface area contributed by atoms with Gasteiger partial charge in [0.1, 0.15) is 0 Å². The number of unbranched alkanes of at least 4 members (excludes halogenated alkanes) is 15. The molecule has 4 heteroatoms. The minimum absolute atomic E-state index is 0.231. The zero-order chi connectivity index (χ0) is 17.9. The lowest BCUT2D eigenvalue weighted by Gasteiger charge is -2.03. The molecule has 0 saturated carbocycles. The largest absolute Gasteiger partial charge is 0.292 e. The second kappa shape index (κ2) is 18.4. The third kappa shape index (κ3) is 19.1. The van der Waals surface area contributed by atoms with E-state index in [0.717, 1.165) is 19.3 Å². The standard InChI is InChI=1S/C20H39NO3/c1-2-3-4-5-6-7-8-9-10-11-12-13-14-15-16-17-18-20(22)19-21(23)24/h2-19H2,1H3. The van der Waals surface area contributed by atoms with Crippen molar-refractivity contribution in [3.63, 3.8) is 0 Å². The molecule has 0 aromatic heterocycles. The molecular weight excluding hydrogens is 302 g/mol. The number of rotatable bonds is 19. The lowest BCUT2D eigenvalue weighted by atomic mass is 10.0. The molecule has 0 N–H and O–H groups in total. The summed E-state index contributed by atoms with van der Waals surface area (Å²) in [5.41, 5.74) is 0. The molecule has 0 fully saturated rings. The van der Waals surface area contributed by atoms with Crippen molar-refractivity contribution in [1.82, 2.24) is 0 Å². The van der Waals surface area contributed by atoms with Crippen LogP contribution in [-0.2, 0) is 4.79 Å². The van der Waals surface area contributed by atoms with Gasteiger partial charge in [0.15, 0.2) is 0 Å². The van der Waals surface area contributed by atoms with Crippen LogP contribution in [0.15, 0.2) is 0 Å². The van der Waals surface area contributed by atoms with E-state index >= 15 is 0 Å². The fourth-order valence-electron chi connectivity index (χ4n) is 3.09. The first-order valence-electron chi connectivity index (χ1n) is 10.3. The Morgan fingerprint density at radius 1 is 0.667 bits per heavy atom. The smallest absolute Gasteiger partial charge is 0.261 e. The lowest BCUT2D eigenvalue weighted by molar-refractivity contribution is -0.467. The molecule has 0 atom stereocenters. The summed E-state index contributed by atoms with van der Waals surface area (Å²) in [6.07, 6.45) is 21.2. The molecule has 0 aliphatic heterocycles. The number of ketones is 1. The van der Waals surface area contributed by atoms with Crippen LogP contribution in [0.1, 0.15) is 116 Å². The van der Waals surface area contributed by atoms with Crippen molar-refractivity contribution in [3.05, 3.63) is 10.1 Å². The van der Waals surface area contributed by atoms with Gasteiger partial charge in [0.2, 0.25) is 5.78 Å². The van der Waals surface area contributed by atoms with Crippen LogP contribution in [-0.4, -0.2) is 17.3 Å². The number of hydrogen-bond acceptors (Lipinski definition) is 3. The van der Waals surface area contributed by atoms with Crippen LogP contribution in [0.4, 0.5) is 0 Å². The highest BCUT2D eigenvalue weighted by Crippen LogP contribution is 2.14. The molecule has 0 amide bonds. The van der Waals surface area contributed by atoms with Gasteiger partial charge < -0.3 is 0 Å². The van der Waals surface area contributed by atoms with Gasteiger partial charge in [0, 0.05) is 11.3 Å². The number of carbonyl (C=O) groups is 1. The van der Waals surface area contributed by atoms with E-state index in [9.17, 15) is 14.9 Å². The first-order chi connectivity index (χ1) is 11.7. The molecule has 0 rings (SSSR count). The number of carbonyl (C=O) groups excluding carboxylic acids is 1. The summed E-state index contributed by atoms with van der Waals surface area (Å²) < 4.78 is 0. The van der Waals surface area contributed by atoms with Crippen LogP contribution in [0, 0.1) is 10.1 Å². The summed E-state index contributed by atoms with van der Waals surface area (Å²) in [6, 6.07) is 0. The van der Waals surface area contributed by atoms with E-state index in [1.54, 1.807) is 0 Å². The summed E-state index contributed by atoms with van der Waals surface area (Å²) in [5, 5.41) is 10.2. The second-order valence-corrected chi connectivity index (χ2v) is 7.08. The Morgan fingerprint density at radius 2 is 1.00 bits per heavy atom. The van der Waals surface area contributed by atoms with E-state index in [0.29, 0.717) is 6.42 Å². The highest BCUT2D eigenvalue weighted by atomic mass is 16.6. The molecule has 0 aromatic carbocycles. The molecule has 0 bridgehead atoms. The molecule has 0 aromatic rings. The van der Waals surface area contributed by atoms with E-state index in [2.05, 4.69) is 6.92 Å². The van der Waals surface area contributed by atoms with Gasteiger partial charge in [-0.3, -0.25) is 14.9 Å². The van der Waals surface area contributed by atoms with Gasteiger partial charge in [0.25, 0.3) is 6.54 Å². The average molecular weight is 342 g/mol. The Labute approximate surface area is 148 Å². The first kappa shape index (κ1) is 23.1. The Hall–Kier alpha value is -0.930. The zero-order valence-electron chi connectivity index (χ0n) is 15.9. The summed E-state index contributed by atoms with van der Waals surface area (Å²) in [6.45, 7) is 1.76. The van der Waals surface area contributed by atoms with Crippen molar-refractivity contribution in [1.29, 1.82) is 0 Å². The molecule has 0 radical (unpaired) electrons. The predicted octanol–water partition coefficient (Wildman–Crippen LogP) is 6.48. The van der Waals surface area contributed by atoms with Gasteiger partial charge in [-0.1, -0.05) is 103 Å². The van der Waals surface area contributed by atoms with Crippen molar-refractivity contribution in [2.75, 3.05) is 6.54 Å². The number of nitro groups is 1. The van der Waals surface area contributed by atoms with Gasteiger partial charge >= 0.3 is 0 Å². The normalized spacial score (nSPS) is 10.9. The van der Waals surface area contributed by atoms with E-state index in [1.807, 2.05) is 0 Å². The zero-order valence-corrected chi connectivity index (χ0v) is 15.9. The van der Waals surface area contributed by atoms with E-state index in [-0.39, 0.29) is 5.78 Å². The van der Waals surface area contributed by atoms with Crippen LogP contribution in [0.2, 0.25) is 0 Å². The number of hydrogen-bond donors (Lipinski definition) is 0. The summed E-state index contributed by atoms with van der Waals surface area (Å²) in [7, 11) is 0. The van der Waals surface area contributed by atoms with Crippen LogP contribution in [0.5, 0.6) is 0 Å². The monoisotopic (exact) mass is 341 g/mol. The lowest BCUT2D eigenvalue weighted by Crippen LogP contribution is -2.12. The quantitative estimate of drug-likeness (QED) is 0.153. The minimum Gasteiger partial charge on any atom is -0.292 e. The van der Waals surface area contributed by atoms with E-state index in [4.69, 9.17) is 0 Å². The van der Waals surface area contributed by atoms with Gasteiger partial charge in [-0.25, -0.2) is 0 Å². The molecule has 0 aliphatic rings. The van der Waals surface area contributed by atoms with E-state index < -0.39 is 11.5 Å². The maximum Gasteiger partial charge on any atom is 0.261 e. The van der Waals surface area contributed by atoms with Crippen LogP contribution in [0.3, 0.4) is 0 Å². The predicted molar refractivity (Wildman–Crippen MR) is 101 cm³/mol. The molecular formula is C20H39NO3. The topological polar surface area (TPSA) is 60.2 Å². The third-order valence-corrected chi connectivity index (χ3v) is 4.61. The Kier molecular flexibility index (Phi) is 17.7. The second-order valence-electron chi connectivity index (χ2n) is 7.08. The average Bonchev–Trinajstić information content (AvgIpc) is 2.53. The third-order valence-electron chi connectivity index (χ3n) is 4.61. The van der Waals surface area contributed by atoms with Crippen molar-refractivity contribution < 1.29 is 9.72 Å². The van der Waals surface area contributed by atoms with Crippen molar-refractivity contribution in [3.8, 4) is 0 Å². The van der Waals surface area contributed by atoms with Crippen LogP contribution in [0.25, 0.3) is 0 Å². The van der Waals surface area contributed by atoms with E-state index in [1.165, 1.54) is 83.5 Å². The summed E-state index contributed by atoms with van der Waals surface area (Å²) in [4.78, 5) is 20.8. The van der Waals surface area contributed by atoms with Gasteiger partial charge in [0.05, 0.1) is 0 Å². The van der Waals surface area contributed by atoms with Crippen molar-refractivity contribution >= 4 is 5.78 Å². The maximum absolute atomic E-state index is 11.2. The van der Waals surface area contributed by atoms with Gasteiger partial charge in [-0.05, 0) is 6.42 Å². The fraction of sp³-hybridized carbons (Fsp3) is 0.950.